The fraction of sp³-hybridized carbons (Fsp3) is 0.269. The predicted molar refractivity (Wildman–Crippen MR) is 141 cm³/mol. The molecule has 192 valence electrons. The molecular weight excluding hydrogens is 516 g/mol. The highest BCUT2D eigenvalue weighted by molar-refractivity contribution is 8.26. The van der Waals surface area contributed by atoms with Crippen LogP contribution in [0.25, 0.3) is 6.08 Å². The summed E-state index contributed by atoms with van der Waals surface area (Å²) in [6.07, 6.45) is 1.29. The van der Waals surface area contributed by atoms with Crippen molar-refractivity contribution in [3.63, 3.8) is 0 Å². The number of nitrogens with zero attached hydrogens (tertiary/aromatic N) is 2. The number of amides is 3. The molecule has 2 fully saturated rings. The van der Waals surface area contributed by atoms with E-state index in [0.29, 0.717) is 28.6 Å². The topological polar surface area (TPSA) is 113 Å². The fourth-order valence-electron chi connectivity index (χ4n) is 3.99. The maximum absolute atomic E-state index is 13.2. The van der Waals surface area contributed by atoms with E-state index in [0.717, 1.165) is 27.8 Å². The Balaban J connectivity index is 1.51. The van der Waals surface area contributed by atoms with Crippen molar-refractivity contribution in [3.05, 3.63) is 64.1 Å². The van der Waals surface area contributed by atoms with Crippen LogP contribution in [-0.2, 0) is 25.8 Å². The molecule has 2 atom stereocenters. The van der Waals surface area contributed by atoms with E-state index < -0.39 is 35.8 Å². The van der Waals surface area contributed by atoms with Crippen molar-refractivity contribution in [1.82, 2.24) is 9.80 Å². The highest BCUT2D eigenvalue weighted by Gasteiger charge is 2.50. The molecule has 2 aliphatic heterocycles. The van der Waals surface area contributed by atoms with Gasteiger partial charge >= 0.3 is 5.97 Å². The largest absolute Gasteiger partial charge is 0.493 e. The number of carboxylic acid groups (broad SMARTS) is 1. The second-order valence-electron chi connectivity index (χ2n) is 8.57. The van der Waals surface area contributed by atoms with Gasteiger partial charge in [0.15, 0.2) is 11.5 Å². The number of aliphatic carboxylic acids is 1. The minimum atomic E-state index is -1.34. The molecule has 2 aromatic carbocycles. The van der Waals surface area contributed by atoms with E-state index in [1.165, 1.54) is 14.0 Å². The number of thioether (sulfide) groups is 1. The number of benzene rings is 2. The van der Waals surface area contributed by atoms with Crippen LogP contribution in [0.4, 0.5) is 0 Å². The highest BCUT2D eigenvalue weighted by Crippen LogP contribution is 2.38. The van der Waals surface area contributed by atoms with Crippen LogP contribution in [0.15, 0.2) is 47.4 Å². The third kappa shape index (κ3) is 5.37. The molecule has 0 spiro atoms. The number of thiocarbonyl (C=S) groups is 1. The van der Waals surface area contributed by atoms with Crippen molar-refractivity contribution in [2.45, 2.75) is 39.0 Å². The molecule has 1 N–H and O–H groups in total. The quantitative estimate of drug-likeness (QED) is 0.306. The van der Waals surface area contributed by atoms with E-state index in [2.05, 4.69) is 0 Å². The van der Waals surface area contributed by atoms with Gasteiger partial charge in [0.25, 0.3) is 11.8 Å². The highest BCUT2D eigenvalue weighted by atomic mass is 32.2. The first-order valence-electron chi connectivity index (χ1n) is 11.3. The summed E-state index contributed by atoms with van der Waals surface area (Å²) >= 11 is 6.34. The smallest absolute Gasteiger partial charge is 0.326 e. The number of rotatable bonds is 8. The van der Waals surface area contributed by atoms with Gasteiger partial charge in [-0.15, -0.1) is 0 Å². The van der Waals surface area contributed by atoms with E-state index >= 15 is 0 Å². The fourth-order valence-corrected chi connectivity index (χ4v) is 5.35. The summed E-state index contributed by atoms with van der Waals surface area (Å²) in [6.45, 7) is 3.62. The lowest BCUT2D eigenvalue weighted by atomic mass is 10.1. The van der Waals surface area contributed by atoms with Crippen molar-refractivity contribution < 1.29 is 33.8 Å². The molecule has 11 heteroatoms. The monoisotopic (exact) mass is 540 g/mol. The van der Waals surface area contributed by atoms with Gasteiger partial charge in [0.1, 0.15) is 23.0 Å². The molecular formula is C26H24N2O7S2. The van der Waals surface area contributed by atoms with Crippen molar-refractivity contribution in [2.75, 3.05) is 7.11 Å². The van der Waals surface area contributed by atoms with Gasteiger partial charge < -0.3 is 14.6 Å². The van der Waals surface area contributed by atoms with Gasteiger partial charge in [-0.05, 0) is 43.2 Å². The van der Waals surface area contributed by atoms with Crippen LogP contribution in [0.5, 0.6) is 11.5 Å². The van der Waals surface area contributed by atoms with Gasteiger partial charge in [0.05, 0.1) is 18.4 Å². The number of hydrogen-bond acceptors (Lipinski definition) is 8. The number of aryl methyl sites for hydroxylation is 1. The van der Waals surface area contributed by atoms with Crippen molar-refractivity contribution in [2.24, 2.45) is 0 Å². The SMILES string of the molecule is COc1cc(/C=C2\SC(=S)N(C3CC(=O)N(C(C)C(=O)O)C3=O)C2=O)ccc1OCc1ccc(C)cc1. The second-order valence-corrected chi connectivity index (χ2v) is 10.2. The van der Waals surface area contributed by atoms with Gasteiger partial charge in [0, 0.05) is 0 Å². The van der Waals surface area contributed by atoms with Crippen LogP contribution in [0.1, 0.15) is 30.0 Å². The van der Waals surface area contributed by atoms with Gasteiger partial charge in [-0.2, -0.15) is 0 Å². The predicted octanol–water partition coefficient (Wildman–Crippen LogP) is 3.38. The Morgan fingerprint density at radius 1 is 1.19 bits per heavy atom. The maximum Gasteiger partial charge on any atom is 0.326 e. The molecule has 0 saturated carbocycles. The summed E-state index contributed by atoms with van der Waals surface area (Å²) in [5, 5.41) is 9.22. The Kier molecular flexibility index (Phi) is 7.65. The number of carbonyl (C=O) groups excluding carboxylic acids is 3. The summed E-state index contributed by atoms with van der Waals surface area (Å²) in [7, 11) is 1.52. The first-order chi connectivity index (χ1) is 17.6. The number of ether oxygens (including phenoxy) is 2. The third-order valence-electron chi connectivity index (χ3n) is 6.04. The zero-order valence-electron chi connectivity index (χ0n) is 20.3. The van der Waals surface area contributed by atoms with Gasteiger partial charge in [-0.3, -0.25) is 24.2 Å². The van der Waals surface area contributed by atoms with Crippen LogP contribution in [0.2, 0.25) is 0 Å². The average Bonchev–Trinajstić information content (AvgIpc) is 3.31. The molecule has 3 amide bonds. The summed E-state index contributed by atoms with van der Waals surface area (Å²) < 4.78 is 11.5. The average molecular weight is 541 g/mol. The molecule has 2 heterocycles. The normalized spacial score (nSPS) is 19.6. The lowest BCUT2D eigenvalue weighted by Crippen LogP contribution is -2.48. The van der Waals surface area contributed by atoms with Crippen molar-refractivity contribution in [3.8, 4) is 11.5 Å². The standard InChI is InChI=1S/C26H24N2O7S2/c1-14-4-6-16(7-5-14)13-35-19-9-8-17(10-20(19)34-3)11-21-24(31)28(26(36)37-21)18-12-22(29)27(23(18)30)15(2)25(32)33/h4-11,15,18H,12-13H2,1-3H3,(H,32,33)/b21-11-. The number of methoxy groups -OCH3 is 1. The molecule has 2 saturated heterocycles. The van der Waals surface area contributed by atoms with Crippen molar-refractivity contribution in [1.29, 1.82) is 0 Å². The molecule has 0 aliphatic carbocycles. The van der Waals surface area contributed by atoms with Crippen LogP contribution in [-0.4, -0.2) is 62.1 Å². The zero-order chi connectivity index (χ0) is 26.9. The molecule has 2 aliphatic rings. The Bertz CT molecular complexity index is 1320. The number of carbonyl (C=O) groups is 4. The van der Waals surface area contributed by atoms with E-state index in [4.69, 9.17) is 21.7 Å². The molecule has 2 aromatic rings. The lowest BCUT2D eigenvalue weighted by molar-refractivity contribution is -0.154. The summed E-state index contributed by atoms with van der Waals surface area (Å²) in [5.41, 5.74) is 2.82. The molecule has 0 bridgehead atoms. The molecule has 9 nitrogen and oxygen atoms in total. The minimum Gasteiger partial charge on any atom is -0.493 e. The van der Waals surface area contributed by atoms with E-state index in [9.17, 15) is 24.3 Å². The summed E-state index contributed by atoms with van der Waals surface area (Å²) in [5.74, 6) is -2.23. The number of hydrogen-bond donors (Lipinski definition) is 1. The summed E-state index contributed by atoms with van der Waals surface area (Å²) in [4.78, 5) is 51.7. The van der Waals surface area contributed by atoms with E-state index in [1.807, 2.05) is 31.2 Å². The number of imide groups is 1. The van der Waals surface area contributed by atoms with Crippen LogP contribution in [0, 0.1) is 6.92 Å². The molecule has 2 unspecified atom stereocenters. The third-order valence-corrected chi connectivity index (χ3v) is 7.37. The Morgan fingerprint density at radius 2 is 1.89 bits per heavy atom. The van der Waals surface area contributed by atoms with Gasteiger partial charge in [-0.25, -0.2) is 4.79 Å². The molecule has 4 rings (SSSR count). The summed E-state index contributed by atoms with van der Waals surface area (Å²) in [6, 6.07) is 10.7. The molecule has 0 radical (unpaired) electrons. The van der Waals surface area contributed by atoms with Crippen LogP contribution in [0.3, 0.4) is 0 Å². The first-order valence-corrected chi connectivity index (χ1v) is 12.6. The van der Waals surface area contributed by atoms with E-state index in [1.54, 1.807) is 24.3 Å². The molecule has 37 heavy (non-hydrogen) atoms. The zero-order valence-corrected chi connectivity index (χ0v) is 21.9. The van der Waals surface area contributed by atoms with Crippen LogP contribution >= 0.6 is 24.0 Å². The number of likely N-dealkylation sites (tertiary alicyclic amines) is 1. The molecule has 0 aromatic heterocycles. The lowest BCUT2D eigenvalue weighted by Gasteiger charge is -2.23. The Labute approximate surface area is 223 Å². The van der Waals surface area contributed by atoms with Crippen molar-refractivity contribution >= 4 is 58.1 Å². The Morgan fingerprint density at radius 3 is 2.54 bits per heavy atom. The van der Waals surface area contributed by atoms with E-state index in [-0.39, 0.29) is 15.6 Å². The maximum atomic E-state index is 13.2. The minimum absolute atomic E-state index is 0.122. The van der Waals surface area contributed by atoms with Crippen LogP contribution < -0.4 is 9.47 Å². The van der Waals surface area contributed by atoms with Gasteiger partial charge in [-0.1, -0.05) is 59.9 Å². The first kappa shape index (κ1) is 26.4. The number of carboxylic acids is 1. The second kappa shape index (κ2) is 10.7. The van der Waals surface area contributed by atoms with Gasteiger partial charge in [0.2, 0.25) is 5.91 Å². The Hall–Kier alpha value is -3.70.